The first-order valence-electron chi connectivity index (χ1n) is 6.89. The minimum Gasteiger partial charge on any atom is -0.448 e. The van der Waals surface area contributed by atoms with Gasteiger partial charge in [-0.05, 0) is 12.7 Å². The molecule has 3 amide bonds. The number of amides is 3. The minimum absolute atomic E-state index is 0.224. The fourth-order valence-electron chi connectivity index (χ4n) is 1.50. The molecule has 0 aromatic heterocycles. The number of hydrogen-bond acceptors (Lipinski definition) is 4. The van der Waals surface area contributed by atoms with Gasteiger partial charge >= 0.3 is 12.1 Å². The second-order valence-electron chi connectivity index (χ2n) is 4.52. The van der Waals surface area contributed by atoms with Crippen molar-refractivity contribution in [2.75, 3.05) is 40.0 Å². The summed E-state index contributed by atoms with van der Waals surface area (Å²) < 4.78 is 4.77. The second-order valence-corrected chi connectivity index (χ2v) is 6.23. The van der Waals surface area contributed by atoms with Gasteiger partial charge < -0.3 is 15.0 Å². The van der Waals surface area contributed by atoms with Crippen LogP contribution in [-0.2, 0) is 4.74 Å². The van der Waals surface area contributed by atoms with Crippen LogP contribution in [0.15, 0.2) is 4.99 Å². The summed E-state index contributed by atoms with van der Waals surface area (Å²) in [7, 11) is 4.97. The third-order valence-electron chi connectivity index (χ3n) is 2.46. The van der Waals surface area contributed by atoms with Gasteiger partial charge in [0.1, 0.15) is 0 Å². The van der Waals surface area contributed by atoms with E-state index >= 15 is 0 Å². The van der Waals surface area contributed by atoms with Crippen molar-refractivity contribution >= 4 is 29.8 Å². The van der Waals surface area contributed by atoms with E-state index in [0.717, 1.165) is 5.75 Å². The Labute approximate surface area is 131 Å². The Kier molecular flexibility index (Phi) is 9.60. The molecule has 0 aliphatic carbocycles. The molecule has 1 N–H and O–H groups in total. The van der Waals surface area contributed by atoms with Crippen LogP contribution in [0.5, 0.6) is 0 Å². The molecule has 1 atom stereocenters. The highest BCUT2D eigenvalue weighted by Crippen LogP contribution is 2.07. The molecular formula is C13H26N4O3S. The molecule has 21 heavy (non-hydrogen) atoms. The fourth-order valence-corrected chi connectivity index (χ4v) is 2.27. The third-order valence-corrected chi connectivity index (χ3v) is 3.52. The maximum Gasteiger partial charge on any atom is 0.436 e. The van der Waals surface area contributed by atoms with Gasteiger partial charge in [-0.25, -0.2) is 9.59 Å². The maximum absolute atomic E-state index is 12.1. The lowest BCUT2D eigenvalue weighted by molar-refractivity contribution is 0.162. The number of hydrogen-bond donors (Lipinski definition) is 1. The average molecular weight is 318 g/mol. The summed E-state index contributed by atoms with van der Waals surface area (Å²) in [5.74, 6) is 1.22. The van der Waals surface area contributed by atoms with Crippen LogP contribution in [0, 0.1) is 0 Å². The SMILES string of the molecule is CCOC(=O)/N=C(/N(C)C)N(C)C(=O)NCC(C)SCC. The summed E-state index contributed by atoms with van der Waals surface area (Å²) in [4.78, 5) is 30.2. The van der Waals surface area contributed by atoms with Crippen molar-refractivity contribution in [1.82, 2.24) is 15.1 Å². The van der Waals surface area contributed by atoms with Crippen LogP contribution < -0.4 is 5.32 Å². The van der Waals surface area contributed by atoms with Gasteiger partial charge in [0, 0.05) is 32.9 Å². The molecule has 0 radical (unpaired) electrons. The molecular weight excluding hydrogens is 292 g/mol. The zero-order chi connectivity index (χ0) is 16.4. The predicted molar refractivity (Wildman–Crippen MR) is 86.9 cm³/mol. The molecule has 7 nitrogen and oxygen atoms in total. The van der Waals surface area contributed by atoms with Crippen molar-refractivity contribution in [1.29, 1.82) is 0 Å². The van der Waals surface area contributed by atoms with Crippen molar-refractivity contribution in [3.63, 3.8) is 0 Å². The highest BCUT2D eigenvalue weighted by Gasteiger charge is 2.19. The molecule has 0 spiro atoms. The van der Waals surface area contributed by atoms with E-state index in [-0.39, 0.29) is 18.6 Å². The van der Waals surface area contributed by atoms with E-state index in [1.165, 1.54) is 4.90 Å². The number of rotatable bonds is 5. The Bertz CT molecular complexity index is 374. The van der Waals surface area contributed by atoms with Gasteiger partial charge in [0.25, 0.3) is 0 Å². The molecule has 0 fully saturated rings. The van der Waals surface area contributed by atoms with E-state index in [2.05, 4.69) is 17.2 Å². The van der Waals surface area contributed by atoms with Crippen molar-refractivity contribution < 1.29 is 14.3 Å². The van der Waals surface area contributed by atoms with Crippen LogP contribution >= 0.6 is 11.8 Å². The van der Waals surface area contributed by atoms with Gasteiger partial charge in [0.2, 0.25) is 5.96 Å². The van der Waals surface area contributed by atoms with Crippen molar-refractivity contribution in [3.8, 4) is 0 Å². The smallest absolute Gasteiger partial charge is 0.436 e. The predicted octanol–water partition coefficient (Wildman–Crippen LogP) is 1.84. The number of nitrogens with one attached hydrogen (secondary N) is 1. The van der Waals surface area contributed by atoms with E-state index in [1.54, 1.807) is 44.7 Å². The monoisotopic (exact) mass is 318 g/mol. The molecule has 8 heteroatoms. The molecule has 0 aliphatic rings. The lowest BCUT2D eigenvalue weighted by Gasteiger charge is -2.25. The summed E-state index contributed by atoms with van der Waals surface area (Å²) in [6.07, 6.45) is -0.712. The molecule has 0 aromatic carbocycles. The summed E-state index contributed by atoms with van der Waals surface area (Å²) in [6, 6.07) is -0.310. The number of urea groups is 1. The maximum atomic E-state index is 12.1. The lowest BCUT2D eigenvalue weighted by Crippen LogP contribution is -2.48. The third kappa shape index (κ3) is 7.79. The molecule has 0 saturated carbocycles. The Morgan fingerprint density at radius 1 is 1.29 bits per heavy atom. The molecule has 1 unspecified atom stereocenters. The number of guanidine groups is 1. The van der Waals surface area contributed by atoms with E-state index in [9.17, 15) is 9.59 Å². The Morgan fingerprint density at radius 2 is 1.90 bits per heavy atom. The van der Waals surface area contributed by atoms with Crippen molar-refractivity contribution in [2.24, 2.45) is 4.99 Å². The highest BCUT2D eigenvalue weighted by atomic mass is 32.2. The fraction of sp³-hybridized carbons (Fsp3) is 0.769. The van der Waals surface area contributed by atoms with Crippen LogP contribution in [0.3, 0.4) is 0 Å². The van der Waals surface area contributed by atoms with Gasteiger partial charge in [0.15, 0.2) is 0 Å². The molecule has 0 bridgehead atoms. The van der Waals surface area contributed by atoms with Crippen LogP contribution in [0.25, 0.3) is 0 Å². The summed E-state index contributed by atoms with van der Waals surface area (Å²) in [5.41, 5.74) is 0. The van der Waals surface area contributed by atoms with Gasteiger partial charge in [-0.15, -0.1) is 4.99 Å². The topological polar surface area (TPSA) is 74.2 Å². The molecule has 0 rings (SSSR count). The molecule has 0 heterocycles. The van der Waals surface area contributed by atoms with Crippen molar-refractivity contribution in [3.05, 3.63) is 0 Å². The first kappa shape index (κ1) is 19.6. The number of ether oxygens (including phenoxy) is 1. The van der Waals surface area contributed by atoms with Crippen LogP contribution in [0.4, 0.5) is 9.59 Å². The number of carbonyl (C=O) groups excluding carboxylic acids is 2. The van der Waals surface area contributed by atoms with E-state index in [4.69, 9.17) is 4.74 Å². The number of thioether (sulfide) groups is 1. The van der Waals surface area contributed by atoms with Gasteiger partial charge in [-0.3, -0.25) is 4.90 Å². The first-order valence-corrected chi connectivity index (χ1v) is 7.94. The zero-order valence-electron chi connectivity index (χ0n) is 13.7. The highest BCUT2D eigenvalue weighted by molar-refractivity contribution is 7.99. The molecule has 122 valence electrons. The summed E-state index contributed by atoms with van der Waals surface area (Å²) >= 11 is 1.77. The standard InChI is InChI=1S/C13H26N4O3S/c1-7-20-13(19)15-11(16(4)5)17(6)12(18)14-9-10(3)21-8-2/h10H,7-9H2,1-6H3,(H,14,18)/b15-11-. The lowest BCUT2D eigenvalue weighted by atomic mass is 10.5. The summed E-state index contributed by atoms with van der Waals surface area (Å²) in [6.45, 7) is 6.62. The normalized spacial score (nSPS) is 12.6. The molecule has 0 aliphatic heterocycles. The largest absolute Gasteiger partial charge is 0.448 e. The van der Waals surface area contributed by atoms with E-state index in [1.807, 2.05) is 6.92 Å². The minimum atomic E-state index is -0.712. The Hall–Kier alpha value is -1.44. The molecule has 0 saturated heterocycles. The number of carbonyl (C=O) groups is 2. The second kappa shape index (κ2) is 10.3. The van der Waals surface area contributed by atoms with Crippen LogP contribution in [0.1, 0.15) is 20.8 Å². The molecule has 0 aromatic rings. The van der Waals surface area contributed by atoms with E-state index < -0.39 is 6.09 Å². The summed E-state index contributed by atoms with van der Waals surface area (Å²) in [5, 5.41) is 3.14. The first-order chi connectivity index (χ1) is 9.83. The van der Waals surface area contributed by atoms with Crippen molar-refractivity contribution in [2.45, 2.75) is 26.0 Å². The average Bonchev–Trinajstić information content (AvgIpc) is 2.41. The Balaban J connectivity index is 4.70. The quantitative estimate of drug-likeness (QED) is 0.618. The number of aliphatic imine (C=N–C) groups is 1. The number of nitrogens with zero attached hydrogens (tertiary/aromatic N) is 3. The zero-order valence-corrected chi connectivity index (χ0v) is 14.5. The Morgan fingerprint density at radius 3 is 2.38 bits per heavy atom. The van der Waals surface area contributed by atoms with Crippen LogP contribution in [-0.4, -0.2) is 73.2 Å². The van der Waals surface area contributed by atoms with Gasteiger partial charge in [0.05, 0.1) is 6.61 Å². The van der Waals surface area contributed by atoms with Gasteiger partial charge in [-0.1, -0.05) is 13.8 Å². The van der Waals surface area contributed by atoms with Gasteiger partial charge in [-0.2, -0.15) is 11.8 Å². The van der Waals surface area contributed by atoms with E-state index in [0.29, 0.717) is 11.8 Å². The van der Waals surface area contributed by atoms with Crippen LogP contribution in [0.2, 0.25) is 0 Å².